The summed E-state index contributed by atoms with van der Waals surface area (Å²) in [6.45, 7) is 7.16. The Morgan fingerprint density at radius 3 is 3.07 bits per heavy atom. The number of amides is 1. The van der Waals surface area contributed by atoms with Gasteiger partial charge in [0.1, 0.15) is 0 Å². The topological polar surface area (TPSA) is 32.3 Å². The standard InChI is InChI=1S/C11H22N2O/c1-3-4-7-13-8-5-6-12-10(2)9-11(13)14/h10,12H,3-9H2,1-2H3. The van der Waals surface area contributed by atoms with Crippen LogP contribution in [0.3, 0.4) is 0 Å². The van der Waals surface area contributed by atoms with Gasteiger partial charge in [0.25, 0.3) is 0 Å². The van der Waals surface area contributed by atoms with Crippen LogP contribution in [0.15, 0.2) is 0 Å². The smallest absolute Gasteiger partial charge is 0.224 e. The maximum Gasteiger partial charge on any atom is 0.224 e. The summed E-state index contributed by atoms with van der Waals surface area (Å²) in [6, 6.07) is 0.340. The molecule has 1 N–H and O–H groups in total. The molecule has 3 nitrogen and oxygen atoms in total. The van der Waals surface area contributed by atoms with Gasteiger partial charge in [-0.3, -0.25) is 4.79 Å². The Kier molecular flexibility index (Phi) is 4.94. The number of carbonyl (C=O) groups excluding carboxylic acids is 1. The van der Waals surface area contributed by atoms with Crippen molar-refractivity contribution in [1.29, 1.82) is 0 Å². The Hall–Kier alpha value is -0.570. The number of nitrogens with one attached hydrogen (secondary N) is 1. The third-order valence-corrected chi connectivity index (χ3v) is 2.71. The summed E-state index contributed by atoms with van der Waals surface area (Å²) >= 11 is 0. The molecule has 1 aliphatic heterocycles. The number of nitrogens with zero attached hydrogens (tertiary/aromatic N) is 1. The molecule has 0 aromatic heterocycles. The van der Waals surface area contributed by atoms with E-state index in [-0.39, 0.29) is 0 Å². The number of hydrogen-bond donors (Lipinski definition) is 1. The average Bonchev–Trinajstić information content (AvgIpc) is 2.14. The molecule has 0 aromatic rings. The Labute approximate surface area is 86.9 Å². The fourth-order valence-electron chi connectivity index (χ4n) is 1.79. The molecule has 1 atom stereocenters. The van der Waals surface area contributed by atoms with E-state index in [1.807, 2.05) is 4.90 Å². The van der Waals surface area contributed by atoms with E-state index in [1.54, 1.807) is 0 Å². The Balaban J connectivity index is 2.41. The van der Waals surface area contributed by atoms with Gasteiger partial charge in [-0.25, -0.2) is 0 Å². The van der Waals surface area contributed by atoms with Gasteiger partial charge in [-0.2, -0.15) is 0 Å². The van der Waals surface area contributed by atoms with E-state index in [4.69, 9.17) is 0 Å². The van der Waals surface area contributed by atoms with Crippen molar-refractivity contribution >= 4 is 5.91 Å². The lowest BCUT2D eigenvalue weighted by Gasteiger charge is -2.27. The summed E-state index contributed by atoms with van der Waals surface area (Å²) < 4.78 is 0. The van der Waals surface area contributed by atoms with Gasteiger partial charge in [0, 0.05) is 25.6 Å². The molecule has 1 fully saturated rings. The van der Waals surface area contributed by atoms with E-state index in [1.165, 1.54) is 0 Å². The first kappa shape index (κ1) is 11.5. The van der Waals surface area contributed by atoms with Crippen LogP contribution in [-0.4, -0.2) is 36.5 Å². The van der Waals surface area contributed by atoms with Gasteiger partial charge in [0.15, 0.2) is 0 Å². The van der Waals surface area contributed by atoms with Crippen molar-refractivity contribution in [3.05, 3.63) is 0 Å². The monoisotopic (exact) mass is 198 g/mol. The zero-order chi connectivity index (χ0) is 10.4. The molecular formula is C11H22N2O. The molecule has 14 heavy (non-hydrogen) atoms. The highest BCUT2D eigenvalue weighted by molar-refractivity contribution is 5.76. The van der Waals surface area contributed by atoms with Crippen LogP contribution in [0.1, 0.15) is 39.5 Å². The molecular weight excluding hydrogens is 176 g/mol. The van der Waals surface area contributed by atoms with Crippen LogP contribution in [0.4, 0.5) is 0 Å². The Morgan fingerprint density at radius 1 is 1.57 bits per heavy atom. The Bertz CT molecular complexity index is 180. The highest BCUT2D eigenvalue weighted by atomic mass is 16.2. The van der Waals surface area contributed by atoms with Crippen LogP contribution < -0.4 is 5.32 Å². The quantitative estimate of drug-likeness (QED) is 0.743. The molecule has 3 heteroatoms. The Morgan fingerprint density at radius 2 is 2.36 bits per heavy atom. The summed E-state index contributed by atoms with van der Waals surface area (Å²) in [5.41, 5.74) is 0. The highest BCUT2D eigenvalue weighted by Gasteiger charge is 2.17. The molecule has 0 bridgehead atoms. The van der Waals surface area contributed by atoms with E-state index in [0.717, 1.165) is 38.9 Å². The fourth-order valence-corrected chi connectivity index (χ4v) is 1.79. The fraction of sp³-hybridized carbons (Fsp3) is 0.909. The first-order valence-corrected chi connectivity index (χ1v) is 5.75. The van der Waals surface area contributed by atoms with Crippen molar-refractivity contribution in [3.8, 4) is 0 Å². The summed E-state index contributed by atoms with van der Waals surface area (Å²) in [7, 11) is 0. The van der Waals surface area contributed by atoms with Gasteiger partial charge < -0.3 is 10.2 Å². The zero-order valence-electron chi connectivity index (χ0n) is 9.38. The second kappa shape index (κ2) is 6.02. The van der Waals surface area contributed by atoms with Gasteiger partial charge in [-0.15, -0.1) is 0 Å². The van der Waals surface area contributed by atoms with E-state index < -0.39 is 0 Å². The molecule has 0 saturated carbocycles. The van der Waals surface area contributed by atoms with Crippen molar-refractivity contribution in [1.82, 2.24) is 10.2 Å². The van der Waals surface area contributed by atoms with Crippen molar-refractivity contribution in [2.45, 2.75) is 45.6 Å². The van der Waals surface area contributed by atoms with Crippen molar-refractivity contribution < 1.29 is 4.79 Å². The van der Waals surface area contributed by atoms with Crippen molar-refractivity contribution in [2.24, 2.45) is 0 Å². The number of rotatable bonds is 3. The highest BCUT2D eigenvalue weighted by Crippen LogP contribution is 2.05. The largest absolute Gasteiger partial charge is 0.343 e. The van der Waals surface area contributed by atoms with Crippen LogP contribution in [0.5, 0.6) is 0 Å². The van der Waals surface area contributed by atoms with Gasteiger partial charge in [-0.1, -0.05) is 13.3 Å². The molecule has 1 unspecified atom stereocenters. The van der Waals surface area contributed by atoms with Crippen LogP contribution in [0.2, 0.25) is 0 Å². The zero-order valence-corrected chi connectivity index (χ0v) is 9.38. The predicted octanol–water partition coefficient (Wildman–Crippen LogP) is 1.39. The van der Waals surface area contributed by atoms with Crippen LogP contribution >= 0.6 is 0 Å². The first-order chi connectivity index (χ1) is 6.74. The van der Waals surface area contributed by atoms with Gasteiger partial charge in [0.05, 0.1) is 0 Å². The maximum atomic E-state index is 11.8. The normalized spacial score (nSPS) is 24.6. The minimum absolute atomic E-state index is 0.318. The third kappa shape index (κ3) is 3.66. The summed E-state index contributed by atoms with van der Waals surface area (Å²) in [5, 5.41) is 3.34. The summed E-state index contributed by atoms with van der Waals surface area (Å²) in [4.78, 5) is 13.8. The van der Waals surface area contributed by atoms with Crippen LogP contribution in [0.25, 0.3) is 0 Å². The molecule has 1 amide bonds. The molecule has 1 rings (SSSR count). The molecule has 1 saturated heterocycles. The van der Waals surface area contributed by atoms with E-state index in [2.05, 4.69) is 19.2 Å². The molecule has 82 valence electrons. The van der Waals surface area contributed by atoms with E-state index in [0.29, 0.717) is 18.4 Å². The maximum absolute atomic E-state index is 11.8. The summed E-state index contributed by atoms with van der Waals surface area (Å²) in [5.74, 6) is 0.318. The predicted molar refractivity (Wildman–Crippen MR) is 58.2 cm³/mol. The van der Waals surface area contributed by atoms with Gasteiger partial charge in [-0.05, 0) is 26.3 Å². The van der Waals surface area contributed by atoms with E-state index in [9.17, 15) is 4.79 Å². The van der Waals surface area contributed by atoms with Crippen molar-refractivity contribution in [3.63, 3.8) is 0 Å². The van der Waals surface area contributed by atoms with Crippen molar-refractivity contribution in [2.75, 3.05) is 19.6 Å². The molecule has 0 aromatic carbocycles. The molecule has 0 spiro atoms. The van der Waals surface area contributed by atoms with Crippen LogP contribution in [-0.2, 0) is 4.79 Å². The lowest BCUT2D eigenvalue weighted by molar-refractivity contribution is -0.132. The molecule has 0 aliphatic carbocycles. The minimum atomic E-state index is 0.318. The second-order valence-electron chi connectivity index (χ2n) is 4.15. The van der Waals surface area contributed by atoms with Crippen LogP contribution in [0, 0.1) is 0 Å². The molecule has 1 aliphatic rings. The SMILES string of the molecule is CCCCN1CCCNC(C)CC1=O. The van der Waals surface area contributed by atoms with E-state index >= 15 is 0 Å². The molecule has 1 heterocycles. The lowest BCUT2D eigenvalue weighted by Crippen LogP contribution is -2.42. The minimum Gasteiger partial charge on any atom is -0.343 e. The average molecular weight is 198 g/mol. The second-order valence-corrected chi connectivity index (χ2v) is 4.15. The van der Waals surface area contributed by atoms with Gasteiger partial charge >= 0.3 is 0 Å². The first-order valence-electron chi connectivity index (χ1n) is 5.75. The number of carbonyl (C=O) groups is 1. The number of hydrogen-bond acceptors (Lipinski definition) is 2. The molecule has 0 radical (unpaired) electrons. The number of unbranched alkanes of at least 4 members (excludes halogenated alkanes) is 1. The van der Waals surface area contributed by atoms with Gasteiger partial charge in [0.2, 0.25) is 5.91 Å². The third-order valence-electron chi connectivity index (χ3n) is 2.71. The summed E-state index contributed by atoms with van der Waals surface area (Å²) in [6.07, 6.45) is 4.04. The lowest BCUT2D eigenvalue weighted by atomic mass is 10.1.